The number of aliphatic hydroxyl groups is 1. The Kier molecular flexibility index (Phi) is 4.48. The van der Waals surface area contributed by atoms with Crippen molar-refractivity contribution in [3.05, 3.63) is 53.3 Å². The largest absolute Gasteiger partial charge is 0.394 e. The van der Waals surface area contributed by atoms with Crippen molar-refractivity contribution in [1.29, 1.82) is 0 Å². The molecule has 3 rings (SSSR count). The van der Waals surface area contributed by atoms with Gasteiger partial charge in [0.25, 0.3) is 5.91 Å². The van der Waals surface area contributed by atoms with Crippen LogP contribution in [0.1, 0.15) is 41.4 Å². The SMILES string of the molecule is CC(C)Cn1cc(C(=O)N2CCc3ccccc3[C@@H]2CO)cn1. The van der Waals surface area contributed by atoms with Gasteiger partial charge in [0.15, 0.2) is 0 Å². The van der Waals surface area contributed by atoms with Crippen molar-refractivity contribution in [2.75, 3.05) is 13.2 Å². The lowest BCUT2D eigenvalue weighted by Crippen LogP contribution is -2.41. The predicted octanol–water partition coefficient (Wildman–Crippen LogP) is 2.27. The van der Waals surface area contributed by atoms with E-state index in [1.54, 1.807) is 17.3 Å². The Morgan fingerprint density at radius 1 is 1.39 bits per heavy atom. The Morgan fingerprint density at radius 3 is 2.91 bits per heavy atom. The highest BCUT2D eigenvalue weighted by molar-refractivity contribution is 5.94. The number of benzene rings is 1. The van der Waals surface area contributed by atoms with Gasteiger partial charge >= 0.3 is 0 Å². The highest BCUT2D eigenvalue weighted by Gasteiger charge is 2.31. The zero-order valence-electron chi connectivity index (χ0n) is 13.6. The number of rotatable bonds is 4. The average Bonchev–Trinajstić information content (AvgIpc) is 3.00. The van der Waals surface area contributed by atoms with Crippen LogP contribution in [-0.4, -0.2) is 38.8 Å². The number of hydrogen-bond donors (Lipinski definition) is 1. The van der Waals surface area contributed by atoms with Gasteiger partial charge < -0.3 is 10.0 Å². The first kappa shape index (κ1) is 15.7. The Bertz CT molecular complexity index is 693. The summed E-state index contributed by atoms with van der Waals surface area (Å²) in [5, 5.41) is 14.1. The van der Waals surface area contributed by atoms with Crippen molar-refractivity contribution in [3.63, 3.8) is 0 Å². The van der Waals surface area contributed by atoms with Crippen LogP contribution in [0, 0.1) is 5.92 Å². The van der Waals surface area contributed by atoms with Crippen molar-refractivity contribution in [3.8, 4) is 0 Å². The molecule has 0 spiro atoms. The van der Waals surface area contributed by atoms with E-state index in [0.717, 1.165) is 18.5 Å². The van der Waals surface area contributed by atoms with E-state index in [1.807, 2.05) is 22.9 Å². The number of carbonyl (C=O) groups is 1. The molecule has 23 heavy (non-hydrogen) atoms. The van der Waals surface area contributed by atoms with E-state index in [4.69, 9.17) is 0 Å². The first-order chi connectivity index (χ1) is 11.1. The Hall–Kier alpha value is -2.14. The van der Waals surface area contributed by atoms with Gasteiger partial charge in [-0.3, -0.25) is 9.48 Å². The molecule has 1 aromatic heterocycles. The van der Waals surface area contributed by atoms with E-state index >= 15 is 0 Å². The third kappa shape index (κ3) is 3.15. The average molecular weight is 313 g/mol. The first-order valence-electron chi connectivity index (χ1n) is 8.12. The maximum Gasteiger partial charge on any atom is 0.257 e. The minimum atomic E-state index is -0.277. The van der Waals surface area contributed by atoms with Crippen molar-refractivity contribution in [2.24, 2.45) is 5.92 Å². The molecule has 0 radical (unpaired) electrons. The zero-order chi connectivity index (χ0) is 16.4. The molecule has 0 unspecified atom stereocenters. The molecule has 0 bridgehead atoms. The molecule has 0 saturated carbocycles. The van der Waals surface area contributed by atoms with Gasteiger partial charge in [0.1, 0.15) is 0 Å². The van der Waals surface area contributed by atoms with E-state index in [1.165, 1.54) is 5.56 Å². The molecule has 1 aliphatic rings. The summed E-state index contributed by atoms with van der Waals surface area (Å²) in [4.78, 5) is 14.6. The smallest absolute Gasteiger partial charge is 0.257 e. The molecule has 5 heteroatoms. The quantitative estimate of drug-likeness (QED) is 0.942. The van der Waals surface area contributed by atoms with Crippen LogP contribution in [0.2, 0.25) is 0 Å². The van der Waals surface area contributed by atoms with Crippen LogP contribution in [0.15, 0.2) is 36.7 Å². The summed E-state index contributed by atoms with van der Waals surface area (Å²) in [6, 6.07) is 7.75. The summed E-state index contributed by atoms with van der Waals surface area (Å²) in [6.07, 6.45) is 4.25. The van der Waals surface area contributed by atoms with Crippen molar-refractivity contribution >= 4 is 5.91 Å². The molecule has 2 aromatic rings. The van der Waals surface area contributed by atoms with Crippen LogP contribution in [0.25, 0.3) is 0 Å². The molecule has 1 amide bonds. The fourth-order valence-electron chi connectivity index (χ4n) is 3.21. The molecule has 1 aromatic carbocycles. The van der Waals surface area contributed by atoms with Gasteiger partial charge in [-0.2, -0.15) is 5.10 Å². The molecule has 1 N–H and O–H groups in total. The van der Waals surface area contributed by atoms with Crippen LogP contribution in [-0.2, 0) is 13.0 Å². The van der Waals surface area contributed by atoms with Gasteiger partial charge in [0.2, 0.25) is 0 Å². The fourth-order valence-corrected chi connectivity index (χ4v) is 3.21. The van der Waals surface area contributed by atoms with E-state index in [-0.39, 0.29) is 18.6 Å². The lowest BCUT2D eigenvalue weighted by atomic mass is 9.92. The molecule has 0 aliphatic carbocycles. The second kappa shape index (κ2) is 6.54. The summed E-state index contributed by atoms with van der Waals surface area (Å²) in [7, 11) is 0. The molecule has 2 heterocycles. The minimum Gasteiger partial charge on any atom is -0.394 e. The van der Waals surface area contributed by atoms with Crippen LogP contribution < -0.4 is 0 Å². The molecule has 0 saturated heterocycles. The van der Waals surface area contributed by atoms with Crippen LogP contribution in [0.3, 0.4) is 0 Å². The number of fused-ring (bicyclic) bond motifs is 1. The highest BCUT2D eigenvalue weighted by Crippen LogP contribution is 2.30. The van der Waals surface area contributed by atoms with Crippen molar-refractivity contribution in [2.45, 2.75) is 32.9 Å². The lowest BCUT2D eigenvalue weighted by molar-refractivity contribution is 0.0568. The first-order valence-corrected chi connectivity index (χ1v) is 8.12. The summed E-state index contributed by atoms with van der Waals surface area (Å²) >= 11 is 0. The van der Waals surface area contributed by atoms with Gasteiger partial charge in [0, 0.05) is 19.3 Å². The third-order valence-corrected chi connectivity index (χ3v) is 4.28. The Balaban J connectivity index is 1.83. The molecule has 122 valence electrons. The second-order valence-corrected chi connectivity index (χ2v) is 6.49. The topological polar surface area (TPSA) is 58.4 Å². The van der Waals surface area contributed by atoms with Crippen LogP contribution in [0.4, 0.5) is 0 Å². The maximum absolute atomic E-state index is 12.8. The number of aliphatic hydroxyl groups excluding tert-OH is 1. The van der Waals surface area contributed by atoms with Gasteiger partial charge in [-0.1, -0.05) is 38.1 Å². The number of hydrogen-bond acceptors (Lipinski definition) is 3. The Morgan fingerprint density at radius 2 is 2.17 bits per heavy atom. The number of amides is 1. The van der Waals surface area contributed by atoms with Gasteiger partial charge in [-0.25, -0.2) is 0 Å². The maximum atomic E-state index is 12.8. The van der Waals surface area contributed by atoms with Gasteiger partial charge in [-0.05, 0) is 23.5 Å². The van der Waals surface area contributed by atoms with Gasteiger partial charge in [-0.15, -0.1) is 0 Å². The number of carbonyl (C=O) groups excluding carboxylic acids is 1. The normalized spacial score (nSPS) is 17.4. The molecule has 1 aliphatic heterocycles. The van der Waals surface area contributed by atoms with Crippen molar-refractivity contribution in [1.82, 2.24) is 14.7 Å². The standard InChI is InChI=1S/C18H23N3O2/c1-13(2)10-20-11-15(9-19-20)18(23)21-8-7-14-5-3-4-6-16(14)17(21)12-22/h3-6,9,11,13,17,22H,7-8,10,12H2,1-2H3/t17-/m0/s1. The Labute approximate surface area is 136 Å². The monoisotopic (exact) mass is 313 g/mol. The molecular formula is C18H23N3O2. The third-order valence-electron chi connectivity index (χ3n) is 4.28. The summed E-state index contributed by atoms with van der Waals surface area (Å²) in [6.45, 7) is 5.58. The minimum absolute atomic E-state index is 0.0615. The second-order valence-electron chi connectivity index (χ2n) is 6.49. The fraction of sp³-hybridized carbons (Fsp3) is 0.444. The molecule has 1 atom stereocenters. The van der Waals surface area contributed by atoms with Crippen LogP contribution in [0.5, 0.6) is 0 Å². The predicted molar refractivity (Wildman–Crippen MR) is 88.1 cm³/mol. The summed E-state index contributed by atoms with van der Waals surface area (Å²) in [5.41, 5.74) is 2.85. The summed E-state index contributed by atoms with van der Waals surface area (Å²) in [5.74, 6) is 0.415. The summed E-state index contributed by atoms with van der Waals surface area (Å²) < 4.78 is 1.81. The number of nitrogens with zero attached hydrogens (tertiary/aromatic N) is 3. The molecule has 0 fully saturated rings. The van der Waals surface area contributed by atoms with Crippen LogP contribution >= 0.6 is 0 Å². The number of aromatic nitrogens is 2. The van der Waals surface area contributed by atoms with E-state index in [2.05, 4.69) is 25.0 Å². The lowest BCUT2D eigenvalue weighted by Gasteiger charge is -2.36. The van der Waals surface area contributed by atoms with Gasteiger partial charge in [0.05, 0.1) is 24.4 Å². The van der Waals surface area contributed by atoms with Crippen molar-refractivity contribution < 1.29 is 9.90 Å². The van der Waals surface area contributed by atoms with E-state index < -0.39 is 0 Å². The highest BCUT2D eigenvalue weighted by atomic mass is 16.3. The molecular weight excluding hydrogens is 290 g/mol. The van der Waals surface area contributed by atoms with E-state index in [0.29, 0.717) is 18.0 Å². The molecule has 5 nitrogen and oxygen atoms in total. The van der Waals surface area contributed by atoms with E-state index in [9.17, 15) is 9.90 Å². The zero-order valence-corrected chi connectivity index (χ0v) is 13.6.